The number of phenolic OH excluding ortho intramolecular Hbond substituents is 1. The van der Waals surface area contributed by atoms with Crippen molar-refractivity contribution in [3.05, 3.63) is 47.5 Å². The van der Waals surface area contributed by atoms with Gasteiger partial charge in [-0.15, -0.1) is 0 Å². The number of benzene rings is 2. The summed E-state index contributed by atoms with van der Waals surface area (Å²) in [7, 11) is 1.68. The fourth-order valence-corrected chi connectivity index (χ4v) is 2.30. The third kappa shape index (κ3) is 1.27. The van der Waals surface area contributed by atoms with Crippen LogP contribution in [0.1, 0.15) is 11.1 Å². The Morgan fingerprint density at radius 2 is 1.69 bits per heavy atom. The number of ether oxygens (including phenoxy) is 1. The molecule has 16 heavy (non-hydrogen) atoms. The highest BCUT2D eigenvalue weighted by Crippen LogP contribution is 2.39. The zero-order valence-corrected chi connectivity index (χ0v) is 9.03. The van der Waals surface area contributed by atoms with Gasteiger partial charge in [0.15, 0.2) is 0 Å². The summed E-state index contributed by atoms with van der Waals surface area (Å²) in [6.45, 7) is 0. The van der Waals surface area contributed by atoms with Gasteiger partial charge in [0.25, 0.3) is 0 Å². The minimum atomic E-state index is 0.332. The van der Waals surface area contributed by atoms with Crippen molar-refractivity contribution in [3.8, 4) is 22.6 Å². The van der Waals surface area contributed by atoms with E-state index in [-0.39, 0.29) is 0 Å². The monoisotopic (exact) mass is 212 g/mol. The van der Waals surface area contributed by atoms with Crippen LogP contribution in [0.5, 0.6) is 11.5 Å². The molecule has 2 heteroatoms. The maximum absolute atomic E-state index is 9.45. The highest BCUT2D eigenvalue weighted by atomic mass is 16.5. The molecule has 0 radical (unpaired) electrons. The molecule has 2 aromatic rings. The molecule has 0 aromatic heterocycles. The van der Waals surface area contributed by atoms with Gasteiger partial charge in [0.05, 0.1) is 7.11 Å². The van der Waals surface area contributed by atoms with E-state index >= 15 is 0 Å². The van der Waals surface area contributed by atoms with Crippen LogP contribution < -0.4 is 4.74 Å². The predicted molar refractivity (Wildman–Crippen MR) is 62.9 cm³/mol. The molecule has 1 aliphatic rings. The van der Waals surface area contributed by atoms with Gasteiger partial charge in [-0.3, -0.25) is 0 Å². The molecule has 1 N–H and O–H groups in total. The second-order valence-electron chi connectivity index (χ2n) is 4.04. The molecule has 0 amide bonds. The Balaban J connectivity index is 2.16. The number of phenols is 1. The Bertz CT molecular complexity index is 559. The molecule has 0 atom stereocenters. The van der Waals surface area contributed by atoms with E-state index in [4.69, 9.17) is 4.74 Å². The standard InChI is InChI=1S/C14H12O2/c1-16-12-3-5-14-10(8-12)6-9-7-11(15)2-4-13(9)14/h2-5,7-8,15H,6H2,1H3. The number of methoxy groups -OCH3 is 1. The number of hydrogen-bond donors (Lipinski definition) is 1. The molecule has 80 valence electrons. The van der Waals surface area contributed by atoms with Gasteiger partial charge >= 0.3 is 0 Å². The SMILES string of the molecule is COc1ccc2c(c1)Cc1cc(O)ccc1-2. The van der Waals surface area contributed by atoms with E-state index in [9.17, 15) is 5.11 Å². The molecule has 1 aliphatic carbocycles. The molecule has 0 saturated heterocycles. The first-order chi connectivity index (χ1) is 7.78. The van der Waals surface area contributed by atoms with Crippen LogP contribution in [-0.2, 0) is 6.42 Å². The first-order valence-electron chi connectivity index (χ1n) is 5.27. The summed E-state index contributed by atoms with van der Waals surface area (Å²) < 4.78 is 5.21. The van der Waals surface area contributed by atoms with E-state index in [1.165, 1.54) is 22.3 Å². The van der Waals surface area contributed by atoms with Crippen LogP contribution in [0.15, 0.2) is 36.4 Å². The van der Waals surface area contributed by atoms with Crippen LogP contribution in [0.25, 0.3) is 11.1 Å². The van der Waals surface area contributed by atoms with Crippen molar-refractivity contribution in [1.82, 2.24) is 0 Å². The number of hydrogen-bond acceptors (Lipinski definition) is 2. The molecule has 0 unspecified atom stereocenters. The van der Waals surface area contributed by atoms with Crippen LogP contribution in [0.4, 0.5) is 0 Å². The maximum Gasteiger partial charge on any atom is 0.119 e. The quantitative estimate of drug-likeness (QED) is 0.672. The largest absolute Gasteiger partial charge is 0.508 e. The lowest BCUT2D eigenvalue weighted by Crippen LogP contribution is -1.85. The van der Waals surface area contributed by atoms with Crippen LogP contribution in [0.3, 0.4) is 0 Å². The topological polar surface area (TPSA) is 29.5 Å². The van der Waals surface area contributed by atoms with Gasteiger partial charge in [0, 0.05) is 0 Å². The highest BCUT2D eigenvalue weighted by molar-refractivity contribution is 5.78. The molecule has 0 heterocycles. The summed E-state index contributed by atoms with van der Waals surface area (Å²) in [6, 6.07) is 11.7. The van der Waals surface area contributed by atoms with E-state index in [0.29, 0.717) is 5.75 Å². The van der Waals surface area contributed by atoms with Crippen molar-refractivity contribution >= 4 is 0 Å². The van der Waals surface area contributed by atoms with Gasteiger partial charge in [0.2, 0.25) is 0 Å². The van der Waals surface area contributed by atoms with E-state index in [1.54, 1.807) is 13.2 Å². The number of rotatable bonds is 1. The van der Waals surface area contributed by atoms with Gasteiger partial charge in [-0.1, -0.05) is 12.1 Å². The van der Waals surface area contributed by atoms with E-state index in [0.717, 1.165) is 12.2 Å². The van der Waals surface area contributed by atoms with E-state index in [2.05, 4.69) is 12.1 Å². The van der Waals surface area contributed by atoms with Crippen LogP contribution in [-0.4, -0.2) is 12.2 Å². The summed E-state index contributed by atoms with van der Waals surface area (Å²) in [4.78, 5) is 0. The average Bonchev–Trinajstić information content (AvgIpc) is 2.64. The van der Waals surface area contributed by atoms with Gasteiger partial charge in [-0.25, -0.2) is 0 Å². The summed E-state index contributed by atoms with van der Waals surface area (Å²) in [5, 5.41) is 9.45. The fourth-order valence-electron chi connectivity index (χ4n) is 2.30. The average molecular weight is 212 g/mol. The van der Waals surface area contributed by atoms with Crippen molar-refractivity contribution < 1.29 is 9.84 Å². The summed E-state index contributed by atoms with van der Waals surface area (Å²) in [5.74, 6) is 1.22. The molecule has 3 rings (SSSR count). The Morgan fingerprint density at radius 3 is 2.44 bits per heavy atom. The summed E-state index contributed by atoms with van der Waals surface area (Å²) >= 11 is 0. The Hall–Kier alpha value is -1.96. The van der Waals surface area contributed by atoms with E-state index < -0.39 is 0 Å². The van der Waals surface area contributed by atoms with Crippen molar-refractivity contribution in [2.24, 2.45) is 0 Å². The normalized spacial score (nSPS) is 12.1. The first kappa shape index (κ1) is 9.28. The van der Waals surface area contributed by atoms with Gasteiger partial charge in [0.1, 0.15) is 11.5 Å². The van der Waals surface area contributed by atoms with Gasteiger partial charge in [-0.05, 0) is 52.9 Å². The molecule has 0 fully saturated rings. The van der Waals surface area contributed by atoms with Gasteiger partial charge in [-0.2, -0.15) is 0 Å². The smallest absolute Gasteiger partial charge is 0.119 e. The first-order valence-corrected chi connectivity index (χ1v) is 5.27. The summed E-state index contributed by atoms with van der Waals surface area (Å²) in [6.07, 6.45) is 0.871. The lowest BCUT2D eigenvalue weighted by Gasteiger charge is -2.03. The second kappa shape index (κ2) is 3.27. The molecule has 2 aromatic carbocycles. The minimum Gasteiger partial charge on any atom is -0.508 e. The molecule has 0 spiro atoms. The summed E-state index contributed by atoms with van der Waals surface area (Å²) in [5.41, 5.74) is 4.91. The molecule has 0 saturated carbocycles. The zero-order chi connectivity index (χ0) is 11.1. The number of aromatic hydroxyl groups is 1. The van der Waals surface area contributed by atoms with Crippen molar-refractivity contribution in [2.45, 2.75) is 6.42 Å². The van der Waals surface area contributed by atoms with Crippen molar-refractivity contribution in [3.63, 3.8) is 0 Å². The molecule has 0 bridgehead atoms. The van der Waals surface area contributed by atoms with Crippen molar-refractivity contribution in [1.29, 1.82) is 0 Å². The second-order valence-corrected chi connectivity index (χ2v) is 4.04. The number of fused-ring (bicyclic) bond motifs is 3. The maximum atomic E-state index is 9.45. The third-order valence-corrected chi connectivity index (χ3v) is 3.07. The lowest BCUT2D eigenvalue weighted by atomic mass is 10.1. The zero-order valence-electron chi connectivity index (χ0n) is 9.03. The molecular weight excluding hydrogens is 200 g/mol. The lowest BCUT2D eigenvalue weighted by molar-refractivity contribution is 0.414. The highest BCUT2D eigenvalue weighted by Gasteiger charge is 2.18. The Kier molecular flexibility index (Phi) is 1.90. The molecule has 0 aliphatic heterocycles. The van der Waals surface area contributed by atoms with Gasteiger partial charge < -0.3 is 9.84 Å². The van der Waals surface area contributed by atoms with Crippen LogP contribution >= 0.6 is 0 Å². The molecular formula is C14H12O2. The fraction of sp³-hybridized carbons (Fsp3) is 0.143. The third-order valence-electron chi connectivity index (χ3n) is 3.07. The minimum absolute atomic E-state index is 0.332. The predicted octanol–water partition coefficient (Wildman–Crippen LogP) is 2.97. The Labute approximate surface area is 94.1 Å². The van der Waals surface area contributed by atoms with Crippen LogP contribution in [0.2, 0.25) is 0 Å². The van der Waals surface area contributed by atoms with E-state index in [1.807, 2.05) is 18.2 Å². The van der Waals surface area contributed by atoms with Crippen molar-refractivity contribution in [2.75, 3.05) is 7.11 Å². The molecule has 2 nitrogen and oxygen atoms in total. The Morgan fingerprint density at radius 1 is 1.00 bits per heavy atom. The van der Waals surface area contributed by atoms with Crippen LogP contribution in [0, 0.1) is 0 Å².